The number of carbonyl (C=O) groups excluding carboxylic acids is 2. The Hall–Kier alpha value is -3.42. The fourth-order valence-electron chi connectivity index (χ4n) is 4.45. The molecule has 43 heavy (non-hydrogen) atoms. The van der Waals surface area contributed by atoms with E-state index >= 15 is 0 Å². The molecule has 0 aliphatic carbocycles. The summed E-state index contributed by atoms with van der Waals surface area (Å²) in [7, 11) is 2.82. The number of thiazole rings is 1. The third-order valence-corrected chi connectivity index (χ3v) is 8.42. The van der Waals surface area contributed by atoms with Gasteiger partial charge in [0.2, 0.25) is 0 Å². The van der Waals surface area contributed by atoms with Gasteiger partial charge in [-0.05, 0) is 101 Å². The van der Waals surface area contributed by atoms with Crippen molar-refractivity contribution in [2.24, 2.45) is 4.99 Å². The summed E-state index contributed by atoms with van der Waals surface area (Å²) in [6, 6.07) is 8.05. The smallest absolute Gasteiger partial charge is 0.343 e. The first-order chi connectivity index (χ1) is 20.5. The summed E-state index contributed by atoms with van der Waals surface area (Å²) in [4.78, 5) is 43.8. The number of methoxy groups -OCH3 is 2. The highest BCUT2D eigenvalue weighted by atomic mass is 79.9. The third-order valence-electron chi connectivity index (χ3n) is 6.26. The summed E-state index contributed by atoms with van der Waals surface area (Å²) < 4.78 is 30.1. The Balaban J connectivity index is 1.86. The highest BCUT2D eigenvalue weighted by molar-refractivity contribution is 9.11. The zero-order chi connectivity index (χ0) is 31.4. The highest BCUT2D eigenvalue weighted by Crippen LogP contribution is 2.37. The van der Waals surface area contributed by atoms with Gasteiger partial charge in [0.05, 0.1) is 57.7 Å². The van der Waals surface area contributed by atoms with E-state index in [1.54, 1.807) is 50.3 Å². The van der Waals surface area contributed by atoms with Crippen LogP contribution in [0.2, 0.25) is 0 Å². The van der Waals surface area contributed by atoms with E-state index in [0.29, 0.717) is 52.4 Å². The second kappa shape index (κ2) is 13.9. The summed E-state index contributed by atoms with van der Waals surface area (Å²) in [6.45, 7) is 7.18. The quantitative estimate of drug-likeness (QED) is 0.276. The lowest BCUT2D eigenvalue weighted by atomic mass is 9.95. The van der Waals surface area contributed by atoms with Gasteiger partial charge in [0.15, 0.2) is 22.9 Å². The zero-order valence-electron chi connectivity index (χ0n) is 24.4. The van der Waals surface area contributed by atoms with Crippen LogP contribution in [-0.2, 0) is 19.1 Å². The van der Waals surface area contributed by atoms with Gasteiger partial charge in [-0.25, -0.2) is 14.6 Å². The number of fused-ring (bicyclic) bond motifs is 1. The molecule has 0 spiro atoms. The van der Waals surface area contributed by atoms with Gasteiger partial charge in [-0.2, -0.15) is 0 Å². The number of ether oxygens (including phenoxy) is 5. The highest BCUT2D eigenvalue weighted by Gasteiger charge is 2.34. The van der Waals surface area contributed by atoms with E-state index in [4.69, 9.17) is 18.9 Å². The molecule has 0 saturated carbocycles. The number of halogens is 2. The molecule has 1 aliphatic heterocycles. The average Bonchev–Trinajstić information content (AvgIpc) is 3.25. The molecule has 0 fully saturated rings. The van der Waals surface area contributed by atoms with E-state index < -0.39 is 18.0 Å². The summed E-state index contributed by atoms with van der Waals surface area (Å²) in [5.41, 5.74) is 1.70. The van der Waals surface area contributed by atoms with Gasteiger partial charge >= 0.3 is 11.9 Å². The molecule has 2 heterocycles. The van der Waals surface area contributed by atoms with Gasteiger partial charge in [-0.15, -0.1) is 0 Å². The summed E-state index contributed by atoms with van der Waals surface area (Å²) >= 11 is 8.15. The SMILES string of the molecule is CCOC(=O)C1=C(C)N=c2s/c(=C\c3cc(Br)c(OCC(=O)OC)c(Br)c3)c(=O)n2[C@H]1c1ccc(OC(C)C)c(OC)c1. The maximum Gasteiger partial charge on any atom is 0.343 e. The van der Waals surface area contributed by atoms with Crippen LogP contribution in [0.5, 0.6) is 17.2 Å². The van der Waals surface area contributed by atoms with E-state index in [9.17, 15) is 14.4 Å². The molecule has 4 rings (SSSR count). The van der Waals surface area contributed by atoms with Gasteiger partial charge in [0, 0.05) is 0 Å². The second-order valence-corrected chi connectivity index (χ2v) is 12.3. The molecule has 0 unspecified atom stereocenters. The average molecular weight is 738 g/mol. The van der Waals surface area contributed by atoms with E-state index in [2.05, 4.69) is 41.6 Å². The van der Waals surface area contributed by atoms with E-state index in [0.717, 1.165) is 0 Å². The number of aromatic nitrogens is 1. The lowest BCUT2D eigenvalue weighted by Crippen LogP contribution is -2.40. The summed E-state index contributed by atoms with van der Waals surface area (Å²) in [6.07, 6.45) is 1.65. The normalized spacial score (nSPS) is 14.7. The van der Waals surface area contributed by atoms with Crippen molar-refractivity contribution < 1.29 is 33.3 Å². The van der Waals surface area contributed by atoms with Crippen LogP contribution in [0.25, 0.3) is 6.08 Å². The second-order valence-electron chi connectivity index (χ2n) is 9.56. The molecule has 0 bridgehead atoms. The van der Waals surface area contributed by atoms with Crippen LogP contribution in [0.4, 0.5) is 0 Å². The predicted octanol–water partition coefficient (Wildman–Crippen LogP) is 4.67. The Morgan fingerprint density at radius 1 is 1.12 bits per heavy atom. The fraction of sp³-hybridized carbons (Fsp3) is 0.333. The lowest BCUT2D eigenvalue weighted by molar-refractivity contribution is -0.143. The molecule has 3 aromatic rings. The van der Waals surface area contributed by atoms with Crippen LogP contribution < -0.4 is 29.1 Å². The Labute approximate surface area is 268 Å². The number of nitrogens with zero attached hydrogens (tertiary/aromatic N) is 2. The summed E-state index contributed by atoms with van der Waals surface area (Å²) in [5, 5.41) is 0. The van der Waals surface area contributed by atoms with E-state index in [1.807, 2.05) is 13.8 Å². The number of hydrogen-bond donors (Lipinski definition) is 0. The largest absolute Gasteiger partial charge is 0.493 e. The van der Waals surface area contributed by atoms with Crippen molar-refractivity contribution in [2.75, 3.05) is 27.4 Å². The van der Waals surface area contributed by atoms with Crippen LogP contribution in [0.15, 0.2) is 60.3 Å². The molecular formula is C30H30Br2N2O8S. The minimum absolute atomic E-state index is 0.0804. The molecule has 1 aliphatic rings. The minimum atomic E-state index is -0.813. The number of allylic oxidation sites excluding steroid dienone is 1. The molecule has 1 atom stereocenters. The topological polar surface area (TPSA) is 115 Å². The standard InChI is InChI=1S/C30H30Br2N2O8S/c1-7-40-29(37)25-16(4)33-30-34(26(25)18-8-9-21(42-15(2)3)22(13-18)38-5)28(36)23(43-30)12-17-10-19(31)27(20(32)11-17)41-14-24(35)39-6/h8-13,15,26H,7,14H2,1-6H3/b23-12-/t26-/m0/s1. The molecule has 0 radical (unpaired) electrons. The van der Waals surface area contributed by atoms with Crippen molar-refractivity contribution in [3.63, 3.8) is 0 Å². The first kappa shape index (κ1) is 32.5. The predicted molar refractivity (Wildman–Crippen MR) is 169 cm³/mol. The Morgan fingerprint density at radius 3 is 2.42 bits per heavy atom. The van der Waals surface area contributed by atoms with Crippen molar-refractivity contribution in [1.82, 2.24) is 4.57 Å². The minimum Gasteiger partial charge on any atom is -0.493 e. The fourth-order valence-corrected chi connectivity index (χ4v) is 6.95. The van der Waals surface area contributed by atoms with E-state index in [1.165, 1.54) is 30.1 Å². The monoisotopic (exact) mass is 736 g/mol. The maximum atomic E-state index is 14.0. The molecule has 13 heteroatoms. The molecule has 0 saturated heterocycles. The van der Waals surface area contributed by atoms with Gasteiger partial charge in [-0.3, -0.25) is 9.36 Å². The van der Waals surface area contributed by atoms with Crippen molar-refractivity contribution in [3.05, 3.63) is 81.4 Å². The van der Waals surface area contributed by atoms with Crippen LogP contribution >= 0.6 is 43.2 Å². The third kappa shape index (κ3) is 7.05. The number of rotatable bonds is 10. The van der Waals surface area contributed by atoms with Gasteiger partial charge in [0.25, 0.3) is 5.56 Å². The molecular weight excluding hydrogens is 708 g/mol. The number of hydrogen-bond acceptors (Lipinski definition) is 10. The van der Waals surface area contributed by atoms with Gasteiger partial charge in [-0.1, -0.05) is 17.4 Å². The Kier molecular flexibility index (Phi) is 10.5. The maximum absolute atomic E-state index is 14.0. The Morgan fingerprint density at radius 2 is 1.81 bits per heavy atom. The Bertz CT molecular complexity index is 1750. The molecule has 0 N–H and O–H groups in total. The van der Waals surface area contributed by atoms with Crippen molar-refractivity contribution in [1.29, 1.82) is 0 Å². The van der Waals surface area contributed by atoms with E-state index in [-0.39, 0.29) is 30.5 Å². The molecule has 0 amide bonds. The number of carbonyl (C=O) groups is 2. The molecule has 10 nitrogen and oxygen atoms in total. The number of benzene rings is 2. The van der Waals surface area contributed by atoms with Crippen molar-refractivity contribution in [3.8, 4) is 17.2 Å². The first-order valence-corrected chi connectivity index (χ1v) is 15.6. The van der Waals surface area contributed by atoms with Crippen LogP contribution in [-0.4, -0.2) is 50.0 Å². The van der Waals surface area contributed by atoms with Crippen LogP contribution in [0, 0.1) is 0 Å². The summed E-state index contributed by atoms with van der Waals surface area (Å²) in [5.74, 6) is 0.353. The van der Waals surface area contributed by atoms with Crippen molar-refractivity contribution in [2.45, 2.75) is 39.8 Å². The lowest BCUT2D eigenvalue weighted by Gasteiger charge is -2.25. The number of esters is 2. The van der Waals surface area contributed by atoms with Crippen molar-refractivity contribution >= 4 is 61.2 Å². The molecule has 2 aromatic carbocycles. The van der Waals surface area contributed by atoms with Crippen LogP contribution in [0.1, 0.15) is 44.9 Å². The van der Waals surface area contributed by atoms with Gasteiger partial charge < -0.3 is 23.7 Å². The van der Waals surface area contributed by atoms with Crippen LogP contribution in [0.3, 0.4) is 0 Å². The first-order valence-electron chi connectivity index (χ1n) is 13.2. The van der Waals surface area contributed by atoms with Gasteiger partial charge in [0.1, 0.15) is 5.75 Å². The molecule has 1 aromatic heterocycles. The molecule has 228 valence electrons. The zero-order valence-corrected chi connectivity index (χ0v) is 28.3.